The summed E-state index contributed by atoms with van der Waals surface area (Å²) in [6.07, 6.45) is 0. The summed E-state index contributed by atoms with van der Waals surface area (Å²) in [5.74, 6) is -0.0672. The molecule has 0 saturated heterocycles. The van der Waals surface area contributed by atoms with Gasteiger partial charge in [0.1, 0.15) is 5.58 Å². The highest BCUT2D eigenvalue weighted by Crippen LogP contribution is 2.27. The molecule has 2 aromatic carbocycles. The van der Waals surface area contributed by atoms with Crippen molar-refractivity contribution >= 4 is 32.7 Å². The second-order valence-electron chi connectivity index (χ2n) is 6.64. The maximum Gasteiger partial charge on any atom is 0.322 e. The molecule has 0 radical (unpaired) electrons. The maximum absolute atomic E-state index is 12.5. The zero-order valence-electron chi connectivity index (χ0n) is 15.6. The molecule has 4 aromatic rings. The van der Waals surface area contributed by atoms with Crippen LogP contribution in [0.1, 0.15) is 24.2 Å². The van der Waals surface area contributed by atoms with Crippen LogP contribution in [0.25, 0.3) is 22.6 Å². The summed E-state index contributed by atoms with van der Waals surface area (Å²) in [6.45, 7) is 3.17. The van der Waals surface area contributed by atoms with E-state index in [0.29, 0.717) is 11.3 Å². The molecule has 0 unspecified atom stereocenters. The van der Waals surface area contributed by atoms with Crippen LogP contribution < -0.4 is 5.32 Å². The zero-order valence-corrected chi connectivity index (χ0v) is 16.4. The van der Waals surface area contributed by atoms with Gasteiger partial charge >= 0.3 is 6.01 Å². The summed E-state index contributed by atoms with van der Waals surface area (Å²) in [7, 11) is -3.49. The van der Waals surface area contributed by atoms with Crippen molar-refractivity contribution in [1.29, 1.82) is 0 Å². The van der Waals surface area contributed by atoms with Crippen molar-refractivity contribution in [2.75, 3.05) is 5.32 Å². The van der Waals surface area contributed by atoms with E-state index in [-0.39, 0.29) is 22.4 Å². The molecule has 0 aliphatic heterocycles. The molecule has 0 bridgehead atoms. The average molecular weight is 411 g/mol. The fourth-order valence-corrected chi connectivity index (χ4v) is 3.82. The van der Waals surface area contributed by atoms with Crippen molar-refractivity contribution in [1.82, 2.24) is 10.2 Å². The van der Waals surface area contributed by atoms with Crippen LogP contribution in [0.15, 0.2) is 68.3 Å². The van der Waals surface area contributed by atoms with Crippen LogP contribution in [0, 0.1) is 0 Å². The second-order valence-corrected chi connectivity index (χ2v) is 9.14. The van der Waals surface area contributed by atoms with Gasteiger partial charge in [0.2, 0.25) is 0 Å². The molecule has 9 heteroatoms. The summed E-state index contributed by atoms with van der Waals surface area (Å²) in [6, 6.07) is 14.9. The minimum absolute atomic E-state index is 0.0774. The summed E-state index contributed by atoms with van der Waals surface area (Å²) in [5.41, 5.74) is 0.838. The number of carbonyl (C=O) groups excluding carboxylic acids is 1. The number of anilines is 1. The van der Waals surface area contributed by atoms with Crippen LogP contribution >= 0.6 is 0 Å². The molecule has 1 N–H and O–H groups in total. The number of amides is 1. The third-order valence-corrected chi connectivity index (χ3v) is 6.48. The molecule has 148 valence electrons. The van der Waals surface area contributed by atoms with Crippen molar-refractivity contribution in [2.45, 2.75) is 24.0 Å². The Morgan fingerprint density at radius 1 is 1.00 bits per heavy atom. The van der Waals surface area contributed by atoms with Gasteiger partial charge in [-0.05, 0) is 44.2 Å². The highest BCUT2D eigenvalue weighted by molar-refractivity contribution is 7.92. The smallest absolute Gasteiger partial charge is 0.322 e. The summed E-state index contributed by atoms with van der Waals surface area (Å²) in [5, 5.41) is 10.5. The predicted octanol–water partition coefficient (Wildman–Crippen LogP) is 3.92. The average Bonchev–Trinajstić information content (AvgIpc) is 3.34. The van der Waals surface area contributed by atoms with E-state index in [2.05, 4.69) is 15.5 Å². The lowest BCUT2D eigenvalue weighted by Crippen LogP contribution is -2.16. The fraction of sp³-hybridized carbons (Fsp3) is 0.150. The van der Waals surface area contributed by atoms with Crippen LogP contribution in [0.3, 0.4) is 0 Å². The molecule has 0 aliphatic carbocycles. The third-order valence-electron chi connectivity index (χ3n) is 4.33. The molecule has 0 fully saturated rings. The predicted molar refractivity (Wildman–Crippen MR) is 106 cm³/mol. The van der Waals surface area contributed by atoms with Gasteiger partial charge in [-0.1, -0.05) is 29.4 Å². The van der Waals surface area contributed by atoms with Gasteiger partial charge in [-0.2, -0.15) is 0 Å². The first-order valence-electron chi connectivity index (χ1n) is 8.82. The van der Waals surface area contributed by atoms with E-state index in [1.165, 1.54) is 24.3 Å². The lowest BCUT2D eigenvalue weighted by Gasteiger charge is -2.09. The largest absolute Gasteiger partial charge is 0.451 e. The molecule has 2 heterocycles. The Morgan fingerprint density at radius 3 is 2.55 bits per heavy atom. The van der Waals surface area contributed by atoms with Gasteiger partial charge in [0.15, 0.2) is 15.6 Å². The number of carbonyl (C=O) groups is 1. The van der Waals surface area contributed by atoms with Gasteiger partial charge < -0.3 is 8.83 Å². The molecule has 2 aromatic heterocycles. The van der Waals surface area contributed by atoms with Gasteiger partial charge in [-0.25, -0.2) is 8.42 Å². The second kappa shape index (κ2) is 7.17. The van der Waals surface area contributed by atoms with Gasteiger partial charge in [-0.15, -0.1) is 5.10 Å². The summed E-state index contributed by atoms with van der Waals surface area (Å²) < 4.78 is 35.8. The number of aromatic nitrogens is 2. The van der Waals surface area contributed by atoms with E-state index in [4.69, 9.17) is 8.83 Å². The minimum atomic E-state index is -3.49. The molecule has 0 saturated carbocycles. The number of nitrogens with one attached hydrogen (secondary N) is 1. The van der Waals surface area contributed by atoms with E-state index < -0.39 is 21.0 Å². The van der Waals surface area contributed by atoms with Gasteiger partial charge in [0.05, 0.1) is 10.1 Å². The zero-order chi connectivity index (χ0) is 20.6. The highest BCUT2D eigenvalue weighted by atomic mass is 32.2. The Hall–Kier alpha value is -3.46. The van der Waals surface area contributed by atoms with E-state index in [1.807, 2.05) is 24.3 Å². The van der Waals surface area contributed by atoms with E-state index >= 15 is 0 Å². The van der Waals surface area contributed by atoms with Crippen LogP contribution in [0.4, 0.5) is 6.01 Å². The molecular weight excluding hydrogens is 394 g/mol. The number of para-hydroxylation sites is 1. The number of hydrogen-bond donors (Lipinski definition) is 1. The Labute approximate surface area is 166 Å². The number of furan rings is 1. The van der Waals surface area contributed by atoms with Crippen molar-refractivity contribution in [2.24, 2.45) is 0 Å². The Kier molecular flexibility index (Phi) is 4.67. The van der Waals surface area contributed by atoms with Crippen molar-refractivity contribution in [3.63, 3.8) is 0 Å². The van der Waals surface area contributed by atoms with Gasteiger partial charge in [-0.3, -0.25) is 10.1 Å². The van der Waals surface area contributed by atoms with Crippen LogP contribution in [0.5, 0.6) is 0 Å². The SMILES string of the molecule is CC(C)S(=O)(=O)c1cccc(C(=O)Nc2nnc(-c3cc4ccccc4o3)o2)c1. The molecule has 29 heavy (non-hydrogen) atoms. The van der Waals surface area contributed by atoms with Crippen molar-refractivity contribution in [3.8, 4) is 11.7 Å². The molecule has 4 rings (SSSR count). The molecule has 8 nitrogen and oxygen atoms in total. The van der Waals surface area contributed by atoms with E-state index in [0.717, 1.165) is 5.39 Å². The molecule has 1 amide bonds. The highest BCUT2D eigenvalue weighted by Gasteiger charge is 2.21. The van der Waals surface area contributed by atoms with Gasteiger partial charge in [0.25, 0.3) is 11.8 Å². The first-order valence-corrected chi connectivity index (χ1v) is 10.4. The minimum Gasteiger partial charge on any atom is -0.451 e. The normalized spacial score (nSPS) is 11.8. The molecule has 0 spiro atoms. The Balaban J connectivity index is 1.55. The number of fused-ring (bicyclic) bond motifs is 1. The monoisotopic (exact) mass is 411 g/mol. The van der Waals surface area contributed by atoms with Crippen molar-refractivity contribution < 1.29 is 22.0 Å². The first-order chi connectivity index (χ1) is 13.8. The molecule has 0 atom stereocenters. The Morgan fingerprint density at radius 2 is 1.79 bits per heavy atom. The number of sulfone groups is 1. The molecule has 0 aliphatic rings. The number of hydrogen-bond acceptors (Lipinski definition) is 7. The first kappa shape index (κ1) is 18.9. The van der Waals surface area contributed by atoms with E-state index in [1.54, 1.807) is 19.9 Å². The number of nitrogens with zero attached hydrogens (tertiary/aromatic N) is 2. The lowest BCUT2D eigenvalue weighted by molar-refractivity contribution is 0.102. The fourth-order valence-electron chi connectivity index (χ4n) is 2.72. The lowest BCUT2D eigenvalue weighted by atomic mass is 10.2. The topological polar surface area (TPSA) is 115 Å². The van der Waals surface area contributed by atoms with Crippen molar-refractivity contribution in [3.05, 3.63) is 60.2 Å². The third kappa shape index (κ3) is 3.64. The number of benzene rings is 2. The molecular formula is C20H17N3O5S. The standard InChI is InChI=1S/C20H17N3O5S/c1-12(2)29(25,26)15-8-5-7-14(10-15)18(24)21-20-23-22-19(28-20)17-11-13-6-3-4-9-16(13)27-17/h3-12H,1-2H3,(H,21,23,24). The Bertz CT molecular complexity index is 1270. The summed E-state index contributed by atoms with van der Waals surface area (Å²) >= 11 is 0. The summed E-state index contributed by atoms with van der Waals surface area (Å²) in [4.78, 5) is 12.6. The van der Waals surface area contributed by atoms with Crippen LogP contribution in [-0.4, -0.2) is 29.8 Å². The van der Waals surface area contributed by atoms with E-state index in [9.17, 15) is 13.2 Å². The van der Waals surface area contributed by atoms with Crippen LogP contribution in [0.2, 0.25) is 0 Å². The van der Waals surface area contributed by atoms with Gasteiger partial charge in [0, 0.05) is 10.9 Å². The number of rotatable bonds is 5. The van der Waals surface area contributed by atoms with Crippen LogP contribution in [-0.2, 0) is 9.84 Å². The maximum atomic E-state index is 12.5. The quantitative estimate of drug-likeness (QED) is 0.529.